The van der Waals surface area contributed by atoms with Crippen molar-refractivity contribution in [1.82, 2.24) is 9.55 Å². The van der Waals surface area contributed by atoms with Crippen LogP contribution >= 0.6 is 0 Å². The van der Waals surface area contributed by atoms with E-state index in [0.717, 1.165) is 24.0 Å². The lowest BCUT2D eigenvalue weighted by Gasteiger charge is -2.14. The summed E-state index contributed by atoms with van der Waals surface area (Å²) in [6, 6.07) is 7.82. The molecule has 0 aliphatic carbocycles. The maximum absolute atomic E-state index is 12.0. The number of nitrogens with zero attached hydrogens (tertiary/aromatic N) is 2. The molecule has 0 bridgehead atoms. The fraction of sp³-hybridized carbons (Fsp3) is 0.500. The molecule has 1 unspecified atom stereocenters. The predicted molar refractivity (Wildman–Crippen MR) is 84.1 cm³/mol. The van der Waals surface area contributed by atoms with E-state index in [0.29, 0.717) is 5.95 Å². The molecule has 2 rings (SSSR count). The van der Waals surface area contributed by atoms with Crippen LogP contribution in [0, 0.1) is 5.92 Å². The zero-order valence-electron chi connectivity index (χ0n) is 12.8. The van der Waals surface area contributed by atoms with E-state index < -0.39 is 6.10 Å². The predicted octanol–water partition coefficient (Wildman–Crippen LogP) is 2.79. The van der Waals surface area contributed by atoms with Gasteiger partial charge in [0.25, 0.3) is 0 Å². The molecule has 0 aliphatic rings. The zero-order valence-corrected chi connectivity index (χ0v) is 12.8. The lowest BCUT2D eigenvalue weighted by atomic mass is 10.0. The molecule has 2 N–H and O–H groups in total. The Hall–Kier alpha value is -1.88. The molecule has 1 atom stereocenters. The minimum absolute atomic E-state index is 0.0604. The van der Waals surface area contributed by atoms with Gasteiger partial charge in [-0.05, 0) is 24.5 Å². The summed E-state index contributed by atoms with van der Waals surface area (Å²) in [5, 5.41) is 12.6. The number of aliphatic hydroxyl groups is 1. The van der Waals surface area contributed by atoms with Gasteiger partial charge < -0.3 is 9.67 Å². The van der Waals surface area contributed by atoms with Gasteiger partial charge >= 0.3 is 0 Å². The molecule has 0 saturated heterocycles. The molecule has 1 amide bonds. The Kier molecular flexibility index (Phi) is 4.96. The summed E-state index contributed by atoms with van der Waals surface area (Å²) < 4.78 is 2.01. The standard InChI is InChI=1S/C16H23N3O2/c1-4-9-19-13-8-6-5-7-12(13)17-16(19)18-15(21)10-14(20)11(2)3/h5-8,11,14,20H,4,9-10H2,1-3H3,(H,17,18,21). The second kappa shape index (κ2) is 6.72. The molecule has 0 radical (unpaired) electrons. The summed E-state index contributed by atoms with van der Waals surface area (Å²) in [4.78, 5) is 16.5. The number of para-hydroxylation sites is 2. The molecule has 0 spiro atoms. The topological polar surface area (TPSA) is 67.2 Å². The summed E-state index contributed by atoms with van der Waals surface area (Å²) in [6.07, 6.45) is 0.416. The van der Waals surface area contributed by atoms with Gasteiger partial charge in [0.15, 0.2) is 0 Å². The third-order valence-corrected chi connectivity index (χ3v) is 3.52. The van der Waals surface area contributed by atoms with E-state index in [-0.39, 0.29) is 18.2 Å². The molecule has 1 heterocycles. The number of aryl methyl sites for hydroxylation is 1. The van der Waals surface area contributed by atoms with E-state index in [2.05, 4.69) is 17.2 Å². The highest BCUT2D eigenvalue weighted by Crippen LogP contribution is 2.20. The molecule has 114 valence electrons. The minimum Gasteiger partial charge on any atom is -0.392 e. The van der Waals surface area contributed by atoms with Gasteiger partial charge in [0.05, 0.1) is 23.6 Å². The maximum Gasteiger partial charge on any atom is 0.229 e. The number of aliphatic hydroxyl groups excluding tert-OH is 1. The highest BCUT2D eigenvalue weighted by molar-refractivity contribution is 5.91. The molecule has 21 heavy (non-hydrogen) atoms. The van der Waals surface area contributed by atoms with E-state index >= 15 is 0 Å². The Morgan fingerprint density at radius 3 is 2.76 bits per heavy atom. The van der Waals surface area contributed by atoms with Crippen molar-refractivity contribution in [2.45, 2.75) is 46.3 Å². The SMILES string of the molecule is CCCn1c(NC(=O)CC(O)C(C)C)nc2ccccc21. The number of carbonyl (C=O) groups is 1. The molecule has 0 fully saturated rings. The van der Waals surface area contributed by atoms with Crippen molar-refractivity contribution in [2.24, 2.45) is 5.92 Å². The molecular weight excluding hydrogens is 266 g/mol. The molecular formula is C16H23N3O2. The first-order valence-electron chi connectivity index (χ1n) is 7.46. The fourth-order valence-electron chi connectivity index (χ4n) is 2.22. The number of aromatic nitrogens is 2. The van der Waals surface area contributed by atoms with Crippen molar-refractivity contribution in [2.75, 3.05) is 5.32 Å². The number of carbonyl (C=O) groups excluding carboxylic acids is 1. The molecule has 1 aromatic heterocycles. The summed E-state index contributed by atoms with van der Waals surface area (Å²) in [7, 11) is 0. The number of fused-ring (bicyclic) bond motifs is 1. The second-order valence-electron chi connectivity index (χ2n) is 5.64. The van der Waals surface area contributed by atoms with Crippen molar-refractivity contribution in [3.8, 4) is 0 Å². The smallest absolute Gasteiger partial charge is 0.229 e. The van der Waals surface area contributed by atoms with Gasteiger partial charge in [-0.2, -0.15) is 0 Å². The normalized spacial score (nSPS) is 12.8. The fourth-order valence-corrected chi connectivity index (χ4v) is 2.22. The summed E-state index contributed by atoms with van der Waals surface area (Å²) in [5.74, 6) is 0.410. The van der Waals surface area contributed by atoms with Crippen molar-refractivity contribution < 1.29 is 9.90 Å². The van der Waals surface area contributed by atoms with E-state index in [9.17, 15) is 9.90 Å². The third-order valence-electron chi connectivity index (χ3n) is 3.52. The number of hydrogen-bond acceptors (Lipinski definition) is 3. The largest absolute Gasteiger partial charge is 0.392 e. The molecule has 0 aliphatic heterocycles. The van der Waals surface area contributed by atoms with Crippen molar-refractivity contribution >= 4 is 22.9 Å². The third kappa shape index (κ3) is 3.61. The van der Waals surface area contributed by atoms with Gasteiger partial charge in [-0.15, -0.1) is 0 Å². The van der Waals surface area contributed by atoms with E-state index in [1.807, 2.05) is 42.7 Å². The van der Waals surface area contributed by atoms with E-state index in [1.54, 1.807) is 0 Å². The van der Waals surface area contributed by atoms with E-state index in [4.69, 9.17) is 0 Å². The Morgan fingerprint density at radius 1 is 1.38 bits per heavy atom. The van der Waals surface area contributed by atoms with Crippen LogP contribution in [0.5, 0.6) is 0 Å². The van der Waals surface area contributed by atoms with Crippen LogP contribution < -0.4 is 5.32 Å². The van der Waals surface area contributed by atoms with Crippen LogP contribution in [0.25, 0.3) is 11.0 Å². The van der Waals surface area contributed by atoms with Crippen LogP contribution in [0.1, 0.15) is 33.6 Å². The average Bonchev–Trinajstić information content (AvgIpc) is 2.77. The number of nitrogens with one attached hydrogen (secondary N) is 1. The summed E-state index contributed by atoms with van der Waals surface area (Å²) in [6.45, 7) is 6.67. The first-order chi connectivity index (χ1) is 10.0. The maximum atomic E-state index is 12.0. The van der Waals surface area contributed by atoms with Crippen molar-refractivity contribution in [3.63, 3.8) is 0 Å². The number of hydrogen-bond donors (Lipinski definition) is 2. The molecule has 5 nitrogen and oxygen atoms in total. The Labute approximate surface area is 125 Å². The quantitative estimate of drug-likeness (QED) is 0.859. The minimum atomic E-state index is -0.631. The first-order valence-corrected chi connectivity index (χ1v) is 7.46. The van der Waals surface area contributed by atoms with Crippen LogP contribution in [-0.4, -0.2) is 26.7 Å². The number of amides is 1. The highest BCUT2D eigenvalue weighted by Gasteiger charge is 2.17. The van der Waals surface area contributed by atoms with Gasteiger partial charge in [0.2, 0.25) is 11.9 Å². The zero-order chi connectivity index (χ0) is 15.4. The number of benzene rings is 1. The lowest BCUT2D eigenvalue weighted by Crippen LogP contribution is -2.25. The van der Waals surface area contributed by atoms with Crippen LogP contribution in [0.15, 0.2) is 24.3 Å². The average molecular weight is 289 g/mol. The lowest BCUT2D eigenvalue weighted by molar-refractivity contribution is -0.118. The van der Waals surface area contributed by atoms with Gasteiger partial charge in [0, 0.05) is 6.54 Å². The number of rotatable bonds is 6. The summed E-state index contributed by atoms with van der Waals surface area (Å²) >= 11 is 0. The Bertz CT molecular complexity index is 619. The van der Waals surface area contributed by atoms with Gasteiger partial charge in [0.1, 0.15) is 0 Å². The highest BCUT2D eigenvalue weighted by atomic mass is 16.3. The van der Waals surface area contributed by atoms with Crippen LogP contribution in [0.4, 0.5) is 5.95 Å². The van der Waals surface area contributed by atoms with Gasteiger partial charge in [-0.3, -0.25) is 10.1 Å². The van der Waals surface area contributed by atoms with Gasteiger partial charge in [-0.25, -0.2) is 4.98 Å². The monoisotopic (exact) mass is 289 g/mol. The first kappa shape index (κ1) is 15.5. The van der Waals surface area contributed by atoms with Crippen LogP contribution in [0.2, 0.25) is 0 Å². The van der Waals surface area contributed by atoms with Crippen molar-refractivity contribution in [3.05, 3.63) is 24.3 Å². The molecule has 1 aromatic carbocycles. The molecule has 0 saturated carbocycles. The molecule has 5 heteroatoms. The number of imidazole rings is 1. The van der Waals surface area contributed by atoms with Crippen molar-refractivity contribution in [1.29, 1.82) is 0 Å². The second-order valence-corrected chi connectivity index (χ2v) is 5.64. The molecule has 2 aromatic rings. The van der Waals surface area contributed by atoms with Crippen LogP contribution in [-0.2, 0) is 11.3 Å². The van der Waals surface area contributed by atoms with Crippen LogP contribution in [0.3, 0.4) is 0 Å². The Balaban J connectivity index is 2.21. The summed E-state index contributed by atoms with van der Waals surface area (Å²) in [5.41, 5.74) is 1.88. The number of anilines is 1. The van der Waals surface area contributed by atoms with Gasteiger partial charge in [-0.1, -0.05) is 32.9 Å². The Morgan fingerprint density at radius 2 is 2.10 bits per heavy atom. The van der Waals surface area contributed by atoms with E-state index in [1.165, 1.54) is 0 Å².